The Morgan fingerprint density at radius 3 is 2.41 bits per heavy atom. The van der Waals surface area contributed by atoms with Crippen LogP contribution < -0.4 is 0 Å². The molecular weight excluding hydrogens is 204 g/mol. The van der Waals surface area contributed by atoms with Crippen LogP contribution in [-0.2, 0) is 0 Å². The molecule has 1 rings (SSSR count). The lowest BCUT2D eigenvalue weighted by Crippen LogP contribution is -2.20. The minimum Gasteiger partial charge on any atom is -0.0733 e. The van der Waals surface area contributed by atoms with Gasteiger partial charge >= 0.3 is 0 Å². The predicted octanol–water partition coefficient (Wildman–Crippen LogP) is 6.04. The highest BCUT2D eigenvalue weighted by Gasteiger charge is 2.26. The largest absolute Gasteiger partial charge is 0.0733 e. The Kier molecular flexibility index (Phi) is 6.02. The van der Waals surface area contributed by atoms with E-state index in [-0.39, 0.29) is 0 Å². The monoisotopic (exact) mass is 234 g/mol. The van der Waals surface area contributed by atoms with Crippen LogP contribution in [0.25, 0.3) is 0 Å². The van der Waals surface area contributed by atoms with Gasteiger partial charge in [-0.3, -0.25) is 0 Å². The summed E-state index contributed by atoms with van der Waals surface area (Å²) in [6.45, 7) is 9.30. The van der Waals surface area contributed by atoms with Crippen LogP contribution in [0.2, 0.25) is 0 Å². The summed E-state index contributed by atoms with van der Waals surface area (Å²) in [5.74, 6) is 0. The summed E-state index contributed by atoms with van der Waals surface area (Å²) in [5.41, 5.74) is 3.71. The van der Waals surface area contributed by atoms with Gasteiger partial charge in [0.1, 0.15) is 0 Å². The molecule has 0 saturated carbocycles. The van der Waals surface area contributed by atoms with E-state index in [2.05, 4.69) is 39.8 Å². The third-order valence-corrected chi connectivity index (χ3v) is 4.36. The first-order valence-electron chi connectivity index (χ1n) is 7.45. The molecule has 0 heteroatoms. The maximum atomic E-state index is 2.38. The summed E-state index contributed by atoms with van der Waals surface area (Å²) < 4.78 is 0. The molecule has 0 heterocycles. The van der Waals surface area contributed by atoms with Crippen molar-refractivity contribution in [2.24, 2.45) is 5.41 Å². The summed E-state index contributed by atoms with van der Waals surface area (Å²) >= 11 is 0. The van der Waals surface area contributed by atoms with Crippen molar-refractivity contribution in [1.29, 1.82) is 0 Å². The van der Waals surface area contributed by atoms with Crippen LogP contribution in [0.3, 0.4) is 0 Å². The number of allylic oxidation sites excluding steroid dienone is 4. The van der Waals surface area contributed by atoms with E-state index in [4.69, 9.17) is 0 Å². The Morgan fingerprint density at radius 1 is 1.06 bits per heavy atom. The molecule has 0 amide bonds. The molecule has 0 bridgehead atoms. The van der Waals surface area contributed by atoms with Gasteiger partial charge in [-0.25, -0.2) is 0 Å². The van der Waals surface area contributed by atoms with Crippen molar-refractivity contribution in [3.8, 4) is 0 Å². The molecule has 1 atom stereocenters. The molecule has 0 aromatic rings. The van der Waals surface area contributed by atoms with Crippen LogP contribution in [0.1, 0.15) is 79.1 Å². The van der Waals surface area contributed by atoms with Crippen molar-refractivity contribution >= 4 is 0 Å². The van der Waals surface area contributed by atoms with E-state index in [1.807, 2.05) is 0 Å². The van der Waals surface area contributed by atoms with E-state index in [1.54, 1.807) is 11.1 Å². The van der Waals surface area contributed by atoms with Crippen molar-refractivity contribution in [2.45, 2.75) is 79.1 Å². The summed E-state index contributed by atoms with van der Waals surface area (Å²) in [7, 11) is 0. The van der Waals surface area contributed by atoms with Crippen LogP contribution in [-0.4, -0.2) is 0 Å². The van der Waals surface area contributed by atoms with Crippen LogP contribution in [0.15, 0.2) is 23.3 Å². The van der Waals surface area contributed by atoms with Gasteiger partial charge in [0.15, 0.2) is 0 Å². The summed E-state index contributed by atoms with van der Waals surface area (Å²) in [4.78, 5) is 0. The quantitative estimate of drug-likeness (QED) is 0.558. The number of rotatable bonds is 3. The predicted molar refractivity (Wildman–Crippen MR) is 78.2 cm³/mol. The highest BCUT2D eigenvalue weighted by molar-refractivity contribution is 5.17. The molecular formula is C17H30. The zero-order chi connectivity index (χ0) is 12.7. The van der Waals surface area contributed by atoms with Crippen molar-refractivity contribution in [2.75, 3.05) is 0 Å². The molecule has 0 nitrogen and oxygen atoms in total. The summed E-state index contributed by atoms with van der Waals surface area (Å²) in [6.07, 6.45) is 15.6. The van der Waals surface area contributed by atoms with Gasteiger partial charge in [0.05, 0.1) is 0 Å². The highest BCUT2D eigenvalue weighted by Crippen LogP contribution is 2.40. The highest BCUT2D eigenvalue weighted by atomic mass is 14.3. The van der Waals surface area contributed by atoms with E-state index >= 15 is 0 Å². The molecule has 0 aromatic heterocycles. The molecule has 17 heavy (non-hydrogen) atoms. The van der Waals surface area contributed by atoms with Gasteiger partial charge < -0.3 is 0 Å². The van der Waals surface area contributed by atoms with Gasteiger partial charge in [0.2, 0.25) is 0 Å². The van der Waals surface area contributed by atoms with Crippen molar-refractivity contribution in [3.63, 3.8) is 0 Å². The Labute approximate surface area is 108 Å². The maximum absolute atomic E-state index is 2.38. The second-order valence-electron chi connectivity index (χ2n) is 6.01. The molecule has 98 valence electrons. The number of hydrogen-bond donors (Lipinski definition) is 0. The molecule has 0 N–H and O–H groups in total. The summed E-state index contributed by atoms with van der Waals surface area (Å²) in [6, 6.07) is 0. The Bertz CT molecular complexity index is 282. The SMILES string of the molecule is CCCC1(CC)CCCCC(C)=CC=C(C)C1. The average Bonchev–Trinajstić information content (AvgIpc) is 2.31. The van der Waals surface area contributed by atoms with Gasteiger partial charge in [0.25, 0.3) is 0 Å². The first kappa shape index (κ1) is 14.5. The molecule has 0 aromatic carbocycles. The summed E-state index contributed by atoms with van der Waals surface area (Å²) in [5, 5.41) is 0. The first-order valence-corrected chi connectivity index (χ1v) is 7.45. The van der Waals surface area contributed by atoms with Gasteiger partial charge in [-0.1, -0.05) is 56.4 Å². The van der Waals surface area contributed by atoms with Crippen LogP contribution in [0.4, 0.5) is 0 Å². The minimum absolute atomic E-state index is 0.592. The minimum atomic E-state index is 0.592. The lowest BCUT2D eigenvalue weighted by atomic mass is 9.72. The normalized spacial score (nSPS) is 27.3. The van der Waals surface area contributed by atoms with E-state index in [0.717, 1.165) is 0 Å². The van der Waals surface area contributed by atoms with E-state index in [1.165, 1.54) is 51.4 Å². The molecule has 0 fully saturated rings. The first-order chi connectivity index (χ1) is 8.12. The average molecular weight is 234 g/mol. The van der Waals surface area contributed by atoms with Crippen molar-refractivity contribution in [3.05, 3.63) is 23.3 Å². The zero-order valence-electron chi connectivity index (χ0n) is 12.3. The zero-order valence-corrected chi connectivity index (χ0v) is 12.3. The molecule has 0 saturated heterocycles. The third kappa shape index (κ3) is 4.69. The van der Waals surface area contributed by atoms with E-state index < -0.39 is 0 Å². The molecule has 1 aliphatic rings. The van der Waals surface area contributed by atoms with Gasteiger partial charge in [-0.15, -0.1) is 0 Å². The second kappa shape index (κ2) is 7.03. The van der Waals surface area contributed by atoms with Crippen LogP contribution >= 0.6 is 0 Å². The van der Waals surface area contributed by atoms with Crippen LogP contribution in [0, 0.1) is 5.41 Å². The molecule has 0 spiro atoms. The van der Waals surface area contributed by atoms with E-state index in [9.17, 15) is 0 Å². The topological polar surface area (TPSA) is 0 Å². The van der Waals surface area contributed by atoms with Crippen molar-refractivity contribution < 1.29 is 0 Å². The number of hydrogen-bond acceptors (Lipinski definition) is 0. The van der Waals surface area contributed by atoms with E-state index in [0.29, 0.717) is 5.41 Å². The fourth-order valence-corrected chi connectivity index (χ4v) is 3.23. The Hall–Kier alpha value is -0.520. The van der Waals surface area contributed by atoms with Crippen LogP contribution in [0.5, 0.6) is 0 Å². The molecule has 0 radical (unpaired) electrons. The Morgan fingerprint density at radius 2 is 1.76 bits per heavy atom. The maximum Gasteiger partial charge on any atom is -0.0263 e. The second-order valence-corrected chi connectivity index (χ2v) is 6.01. The van der Waals surface area contributed by atoms with Gasteiger partial charge in [0, 0.05) is 0 Å². The van der Waals surface area contributed by atoms with Crippen molar-refractivity contribution in [1.82, 2.24) is 0 Å². The Balaban J connectivity index is 2.85. The molecule has 1 aliphatic carbocycles. The standard InChI is InChI=1S/C17H30/c1-5-12-17(6-2)13-8-7-9-15(3)10-11-16(4)14-17/h10-11H,5-9,12-14H2,1-4H3. The molecule has 0 aliphatic heterocycles. The smallest absolute Gasteiger partial charge is 0.0263 e. The van der Waals surface area contributed by atoms with Gasteiger partial charge in [-0.05, 0) is 51.4 Å². The lowest BCUT2D eigenvalue weighted by Gasteiger charge is -2.34. The lowest BCUT2D eigenvalue weighted by molar-refractivity contribution is 0.215. The fraction of sp³-hybridized carbons (Fsp3) is 0.765. The molecule has 1 unspecified atom stereocenters. The third-order valence-electron chi connectivity index (χ3n) is 4.36. The van der Waals surface area contributed by atoms with Gasteiger partial charge in [-0.2, -0.15) is 0 Å². The fourth-order valence-electron chi connectivity index (χ4n) is 3.23.